The predicted octanol–water partition coefficient (Wildman–Crippen LogP) is 3.35. The van der Waals surface area contributed by atoms with Crippen LogP contribution in [0.1, 0.15) is 51.4 Å². The fourth-order valence-corrected chi connectivity index (χ4v) is 3.26. The summed E-state index contributed by atoms with van der Waals surface area (Å²) in [6.07, 6.45) is 9.56. The molecule has 0 unspecified atom stereocenters. The van der Waals surface area contributed by atoms with Gasteiger partial charge < -0.3 is 0 Å². The molecule has 0 atom stereocenters. The van der Waals surface area contributed by atoms with Crippen LogP contribution in [0.5, 0.6) is 0 Å². The molecule has 16 heavy (non-hydrogen) atoms. The Hall–Kier alpha value is 0.119. The minimum atomic E-state index is 1.09. The van der Waals surface area contributed by atoms with Gasteiger partial charge in [0.1, 0.15) is 0 Å². The zero-order valence-corrected chi connectivity index (χ0v) is 12.8. The van der Waals surface area contributed by atoms with Gasteiger partial charge in [0.05, 0.1) is 0 Å². The van der Waals surface area contributed by atoms with Crippen molar-refractivity contribution in [3.8, 4) is 0 Å². The first-order valence-electron chi connectivity index (χ1n) is 5.97. The summed E-state index contributed by atoms with van der Waals surface area (Å²) in [7, 11) is 0. The number of nitrogens with zero attached hydrogens (tertiary/aromatic N) is 2. The molecule has 2 nitrogen and oxygen atoms in total. The van der Waals surface area contributed by atoms with Crippen molar-refractivity contribution >= 4 is 32.0 Å². The van der Waals surface area contributed by atoms with E-state index in [1.807, 2.05) is 0 Å². The summed E-state index contributed by atoms with van der Waals surface area (Å²) in [4.78, 5) is 0. The first-order chi connectivity index (χ1) is 7.77. The molecule has 0 aromatic rings. The van der Waals surface area contributed by atoms with E-state index in [9.17, 15) is 0 Å². The summed E-state index contributed by atoms with van der Waals surface area (Å²) in [5.41, 5.74) is 2.36. The van der Waals surface area contributed by atoms with Crippen molar-refractivity contribution in [2.75, 3.05) is 0 Å². The number of hydrogen-bond acceptors (Lipinski definition) is 2. The summed E-state index contributed by atoms with van der Waals surface area (Å²) in [6.45, 7) is 0. The minimum absolute atomic E-state index is 1.09. The van der Waals surface area contributed by atoms with E-state index in [4.69, 9.17) is 0 Å². The van der Waals surface area contributed by atoms with Gasteiger partial charge in [0.15, 0.2) is 0 Å². The molecule has 4 heteroatoms. The van der Waals surface area contributed by atoms with E-state index in [1.165, 1.54) is 46.0 Å². The Morgan fingerprint density at radius 1 is 0.625 bits per heavy atom. The Labute approximate surface area is 114 Å². The average molecular weight is 346 g/mol. The Bertz CT molecular complexity index is 322. The third-order valence-corrected chi connectivity index (χ3v) is 4.92. The molecule has 2 rings (SSSR count). The molecule has 0 aliphatic heterocycles. The zero-order chi connectivity index (χ0) is 11.4. The Balaban J connectivity index is 2.08. The third kappa shape index (κ3) is 3.30. The van der Waals surface area contributed by atoms with Gasteiger partial charge in [-0.05, 0) is 0 Å². The van der Waals surface area contributed by atoms with Crippen LogP contribution in [0.15, 0.2) is 30.6 Å². The van der Waals surface area contributed by atoms with Crippen molar-refractivity contribution in [2.45, 2.75) is 51.4 Å². The van der Waals surface area contributed by atoms with Crippen LogP contribution in [0.2, 0.25) is 0 Å². The van der Waals surface area contributed by atoms with Gasteiger partial charge in [-0.2, -0.15) is 0 Å². The molecule has 2 aliphatic rings. The third-order valence-electron chi connectivity index (χ3n) is 3.07. The standard InChI is InChI=1S/C12H16N2Se2/c15-11-7-3-1-5-9(11)13-14-10-6-2-4-8-12(10)16/h1-8H2. The van der Waals surface area contributed by atoms with Crippen LogP contribution in [0, 0.1) is 0 Å². The van der Waals surface area contributed by atoms with Gasteiger partial charge in [-0.15, -0.1) is 0 Å². The van der Waals surface area contributed by atoms with Crippen LogP contribution in [-0.4, -0.2) is 32.0 Å². The molecule has 2 radical (unpaired) electrons. The van der Waals surface area contributed by atoms with Gasteiger partial charge in [0.2, 0.25) is 0 Å². The summed E-state index contributed by atoms with van der Waals surface area (Å²) < 4.78 is 2.63. The van der Waals surface area contributed by atoms with Crippen LogP contribution < -0.4 is 0 Å². The molecule has 0 aromatic heterocycles. The van der Waals surface area contributed by atoms with Crippen LogP contribution in [0.25, 0.3) is 0 Å². The van der Waals surface area contributed by atoms with Crippen LogP contribution in [0.4, 0.5) is 0 Å². The van der Waals surface area contributed by atoms with Crippen molar-refractivity contribution in [1.82, 2.24) is 0 Å². The number of azo groups is 1. The molecule has 0 bridgehead atoms. The Morgan fingerprint density at radius 3 is 1.38 bits per heavy atom. The summed E-state index contributed by atoms with van der Waals surface area (Å²) >= 11 is 6.26. The molecule has 2 aliphatic carbocycles. The Morgan fingerprint density at radius 2 is 1.00 bits per heavy atom. The van der Waals surface area contributed by atoms with Gasteiger partial charge in [-0.25, -0.2) is 0 Å². The van der Waals surface area contributed by atoms with E-state index >= 15 is 0 Å². The maximum atomic E-state index is 4.43. The van der Waals surface area contributed by atoms with E-state index in [0.717, 1.165) is 25.7 Å². The van der Waals surface area contributed by atoms with E-state index in [2.05, 4.69) is 42.3 Å². The second-order valence-corrected chi connectivity index (χ2v) is 6.42. The topological polar surface area (TPSA) is 24.7 Å². The summed E-state index contributed by atoms with van der Waals surface area (Å²) in [6, 6.07) is 0. The van der Waals surface area contributed by atoms with Gasteiger partial charge >= 0.3 is 114 Å². The number of allylic oxidation sites excluding steroid dienone is 4. The second-order valence-electron chi connectivity index (χ2n) is 4.35. The first-order valence-corrected chi connectivity index (χ1v) is 7.68. The molecule has 0 heterocycles. The quantitative estimate of drug-likeness (QED) is 0.541. The van der Waals surface area contributed by atoms with Crippen LogP contribution in [-0.2, 0) is 0 Å². The SMILES string of the molecule is [Se]C1=C(N=NC2=C([Se])CCCC2)CCCC1. The molecular formula is C12H16N2Se2. The van der Waals surface area contributed by atoms with E-state index in [0.29, 0.717) is 0 Å². The van der Waals surface area contributed by atoms with Crippen molar-refractivity contribution in [3.05, 3.63) is 20.3 Å². The van der Waals surface area contributed by atoms with Crippen LogP contribution >= 0.6 is 0 Å². The van der Waals surface area contributed by atoms with Gasteiger partial charge in [0.25, 0.3) is 0 Å². The molecular weight excluding hydrogens is 330 g/mol. The fraction of sp³-hybridized carbons (Fsp3) is 0.667. The fourth-order valence-electron chi connectivity index (χ4n) is 2.06. The molecule has 86 valence electrons. The van der Waals surface area contributed by atoms with E-state index < -0.39 is 0 Å². The molecule has 0 aromatic carbocycles. The predicted molar refractivity (Wildman–Crippen MR) is 67.4 cm³/mol. The molecule has 0 saturated heterocycles. The molecule has 0 spiro atoms. The molecule has 0 saturated carbocycles. The Kier molecular flexibility index (Phi) is 4.84. The zero-order valence-electron chi connectivity index (χ0n) is 9.37. The maximum absolute atomic E-state index is 4.43. The van der Waals surface area contributed by atoms with Gasteiger partial charge in [-0.3, -0.25) is 0 Å². The molecule has 0 amide bonds. The normalized spacial score (nSPS) is 23.2. The molecule has 0 fully saturated rings. The second kappa shape index (κ2) is 6.16. The van der Waals surface area contributed by atoms with Crippen molar-refractivity contribution in [1.29, 1.82) is 0 Å². The van der Waals surface area contributed by atoms with Crippen molar-refractivity contribution < 1.29 is 0 Å². The average Bonchev–Trinajstić information content (AvgIpc) is 2.30. The van der Waals surface area contributed by atoms with Crippen molar-refractivity contribution in [3.63, 3.8) is 0 Å². The first kappa shape index (κ1) is 12.6. The van der Waals surface area contributed by atoms with Crippen LogP contribution in [0.3, 0.4) is 0 Å². The number of hydrogen-bond donors (Lipinski definition) is 0. The van der Waals surface area contributed by atoms with Gasteiger partial charge in [-0.1, -0.05) is 0 Å². The molecule has 0 N–H and O–H groups in total. The summed E-state index contributed by atoms with van der Waals surface area (Å²) in [5.74, 6) is 0. The summed E-state index contributed by atoms with van der Waals surface area (Å²) in [5, 5.41) is 8.87. The monoisotopic (exact) mass is 348 g/mol. The van der Waals surface area contributed by atoms with E-state index in [-0.39, 0.29) is 0 Å². The van der Waals surface area contributed by atoms with E-state index in [1.54, 1.807) is 0 Å². The number of rotatable bonds is 2. The van der Waals surface area contributed by atoms with Crippen molar-refractivity contribution in [2.24, 2.45) is 10.2 Å². The van der Waals surface area contributed by atoms with Gasteiger partial charge in [0, 0.05) is 0 Å².